The first kappa shape index (κ1) is 19.1. The molecule has 1 fully saturated rings. The fraction of sp³-hybridized carbons (Fsp3) is 0.450. The van der Waals surface area contributed by atoms with Crippen LogP contribution in [0.5, 0.6) is 0 Å². The number of nitrogens with zero attached hydrogens (tertiary/aromatic N) is 3. The molecule has 2 heterocycles. The second-order valence-electron chi connectivity index (χ2n) is 6.76. The number of hydrogen-bond donors (Lipinski definition) is 0. The van der Waals surface area contributed by atoms with Crippen molar-refractivity contribution in [1.29, 1.82) is 0 Å². The van der Waals surface area contributed by atoms with Crippen molar-refractivity contribution < 1.29 is 18.7 Å². The molecule has 1 saturated heterocycles. The van der Waals surface area contributed by atoms with Crippen LogP contribution in [-0.4, -0.2) is 45.0 Å². The molecular weight excluding hydrogens is 349 g/mol. The highest BCUT2D eigenvalue weighted by molar-refractivity contribution is 5.91. The summed E-state index contributed by atoms with van der Waals surface area (Å²) >= 11 is 0. The van der Waals surface area contributed by atoms with Crippen LogP contribution in [0.2, 0.25) is 0 Å². The van der Waals surface area contributed by atoms with Gasteiger partial charge in [0.2, 0.25) is 0 Å². The van der Waals surface area contributed by atoms with E-state index in [1.807, 2.05) is 4.90 Å². The van der Waals surface area contributed by atoms with Crippen molar-refractivity contribution in [2.45, 2.75) is 51.7 Å². The number of carbonyl (C=O) groups is 2. The zero-order valence-corrected chi connectivity index (χ0v) is 15.6. The third kappa shape index (κ3) is 4.18. The van der Waals surface area contributed by atoms with Crippen molar-refractivity contribution in [3.8, 4) is 5.69 Å². The van der Waals surface area contributed by atoms with E-state index >= 15 is 0 Å². The Morgan fingerprint density at radius 1 is 1.30 bits per heavy atom. The van der Waals surface area contributed by atoms with Crippen molar-refractivity contribution in [2.75, 3.05) is 6.54 Å². The number of amides is 1. The lowest BCUT2D eigenvalue weighted by Crippen LogP contribution is -2.48. The van der Waals surface area contributed by atoms with Crippen LogP contribution in [0.3, 0.4) is 0 Å². The summed E-state index contributed by atoms with van der Waals surface area (Å²) in [6.07, 6.45) is 5.92. The molecule has 1 aliphatic rings. The van der Waals surface area contributed by atoms with E-state index in [4.69, 9.17) is 4.74 Å². The molecule has 144 valence electrons. The molecule has 1 aliphatic heterocycles. The number of carbonyl (C=O) groups excluding carboxylic acids is 2. The van der Waals surface area contributed by atoms with E-state index in [0.717, 1.165) is 25.7 Å². The maximum Gasteiger partial charge on any atom is 0.357 e. The highest BCUT2D eigenvalue weighted by Crippen LogP contribution is 2.21. The molecule has 0 aliphatic carbocycles. The average Bonchev–Trinajstić information content (AvgIpc) is 3.17. The number of imidazole rings is 1. The van der Waals surface area contributed by atoms with Gasteiger partial charge in [0.1, 0.15) is 5.82 Å². The van der Waals surface area contributed by atoms with Gasteiger partial charge in [-0.15, -0.1) is 0 Å². The van der Waals surface area contributed by atoms with Crippen LogP contribution in [0.4, 0.5) is 4.39 Å². The molecule has 0 N–H and O–H groups in total. The van der Waals surface area contributed by atoms with Gasteiger partial charge >= 0.3 is 5.97 Å². The number of likely N-dealkylation sites (tertiary alicyclic amines) is 1. The minimum absolute atomic E-state index is 0.164. The number of hydrogen-bond acceptors (Lipinski definition) is 4. The smallest absolute Gasteiger partial charge is 0.357 e. The molecule has 0 radical (unpaired) electrons. The van der Waals surface area contributed by atoms with Crippen molar-refractivity contribution in [3.63, 3.8) is 0 Å². The topological polar surface area (TPSA) is 64.4 Å². The number of aromatic nitrogens is 2. The van der Waals surface area contributed by atoms with Gasteiger partial charge in [0, 0.05) is 18.3 Å². The van der Waals surface area contributed by atoms with Crippen molar-refractivity contribution in [1.82, 2.24) is 14.5 Å². The lowest BCUT2D eigenvalue weighted by atomic mass is 9.99. The molecule has 2 unspecified atom stereocenters. The predicted octanol–water partition coefficient (Wildman–Crippen LogP) is 3.35. The standard InChI is InChI=1S/C20H24FN3O3/c1-3-16-6-4-5-11-23(16)19(25)14(2)27-20(26)18-12-22-13-24(18)17-9-7-15(21)8-10-17/h7-10,12-14,16H,3-6,11H2,1-2H3. The maximum absolute atomic E-state index is 13.1. The zero-order chi connectivity index (χ0) is 19.4. The summed E-state index contributed by atoms with van der Waals surface area (Å²) < 4.78 is 20.1. The van der Waals surface area contributed by atoms with E-state index in [-0.39, 0.29) is 23.5 Å². The predicted molar refractivity (Wildman–Crippen MR) is 98.0 cm³/mol. The van der Waals surface area contributed by atoms with Gasteiger partial charge in [0.15, 0.2) is 11.8 Å². The molecule has 0 saturated carbocycles. The number of ether oxygens (including phenoxy) is 1. The van der Waals surface area contributed by atoms with E-state index in [0.29, 0.717) is 12.2 Å². The molecule has 2 atom stereocenters. The van der Waals surface area contributed by atoms with Crippen molar-refractivity contribution in [3.05, 3.63) is 48.3 Å². The second-order valence-corrected chi connectivity index (χ2v) is 6.76. The monoisotopic (exact) mass is 373 g/mol. The Labute approximate surface area is 157 Å². The molecule has 6 nitrogen and oxygen atoms in total. The first-order valence-corrected chi connectivity index (χ1v) is 9.31. The SMILES string of the molecule is CCC1CCCCN1C(=O)C(C)OC(=O)c1cncn1-c1ccc(F)cc1. The number of rotatable bonds is 5. The summed E-state index contributed by atoms with van der Waals surface area (Å²) in [7, 11) is 0. The summed E-state index contributed by atoms with van der Waals surface area (Å²) in [6, 6.07) is 5.90. The zero-order valence-electron chi connectivity index (χ0n) is 15.6. The summed E-state index contributed by atoms with van der Waals surface area (Å²) in [5.41, 5.74) is 0.772. The third-order valence-electron chi connectivity index (χ3n) is 4.97. The van der Waals surface area contributed by atoms with Gasteiger partial charge in [0.25, 0.3) is 5.91 Å². The van der Waals surface area contributed by atoms with Gasteiger partial charge in [-0.2, -0.15) is 0 Å². The first-order chi connectivity index (χ1) is 13.0. The molecule has 0 bridgehead atoms. The quantitative estimate of drug-likeness (QED) is 0.754. The van der Waals surface area contributed by atoms with Gasteiger partial charge < -0.3 is 9.64 Å². The Hall–Kier alpha value is -2.70. The highest BCUT2D eigenvalue weighted by atomic mass is 19.1. The Morgan fingerprint density at radius 2 is 2.04 bits per heavy atom. The van der Waals surface area contributed by atoms with Crippen LogP contribution < -0.4 is 0 Å². The normalized spacial score (nSPS) is 18.2. The Morgan fingerprint density at radius 3 is 2.74 bits per heavy atom. The van der Waals surface area contributed by atoms with Crippen molar-refractivity contribution in [2.24, 2.45) is 0 Å². The molecule has 2 aromatic rings. The third-order valence-corrected chi connectivity index (χ3v) is 4.97. The highest BCUT2D eigenvalue weighted by Gasteiger charge is 2.31. The maximum atomic E-state index is 13.1. The molecule has 0 spiro atoms. The molecule has 27 heavy (non-hydrogen) atoms. The van der Waals surface area contributed by atoms with E-state index in [2.05, 4.69) is 11.9 Å². The van der Waals surface area contributed by atoms with Gasteiger partial charge in [0.05, 0.1) is 12.5 Å². The Balaban J connectivity index is 1.71. The molecule has 1 aromatic carbocycles. The lowest BCUT2D eigenvalue weighted by Gasteiger charge is -2.36. The lowest BCUT2D eigenvalue weighted by molar-refractivity contribution is -0.143. The van der Waals surface area contributed by atoms with Crippen LogP contribution in [0.15, 0.2) is 36.8 Å². The largest absolute Gasteiger partial charge is 0.448 e. The number of benzene rings is 1. The Bertz CT molecular complexity index is 803. The van der Waals surface area contributed by atoms with E-state index in [1.54, 1.807) is 19.1 Å². The molecule has 3 rings (SSSR count). The van der Waals surface area contributed by atoms with Crippen molar-refractivity contribution >= 4 is 11.9 Å². The first-order valence-electron chi connectivity index (χ1n) is 9.31. The minimum atomic E-state index is -0.874. The summed E-state index contributed by atoms with van der Waals surface area (Å²) in [6.45, 7) is 4.36. The Kier molecular flexibility index (Phi) is 5.88. The molecular formula is C20H24FN3O3. The van der Waals surface area contributed by atoms with Crippen LogP contribution in [0.1, 0.15) is 50.0 Å². The number of piperidine rings is 1. The molecule has 7 heteroatoms. The van der Waals surface area contributed by atoms with Gasteiger partial charge in [-0.1, -0.05) is 6.92 Å². The second kappa shape index (κ2) is 8.33. The summed E-state index contributed by atoms with van der Waals surface area (Å²) in [5.74, 6) is -1.17. The fourth-order valence-corrected chi connectivity index (χ4v) is 3.47. The van der Waals surface area contributed by atoms with Crippen LogP contribution in [-0.2, 0) is 9.53 Å². The van der Waals surface area contributed by atoms with E-state index < -0.39 is 12.1 Å². The average molecular weight is 373 g/mol. The van der Waals surface area contributed by atoms with Crippen LogP contribution >= 0.6 is 0 Å². The molecule has 1 amide bonds. The van der Waals surface area contributed by atoms with E-state index in [1.165, 1.54) is 29.2 Å². The minimum Gasteiger partial charge on any atom is -0.448 e. The van der Waals surface area contributed by atoms with Gasteiger partial charge in [-0.3, -0.25) is 9.36 Å². The summed E-state index contributed by atoms with van der Waals surface area (Å²) in [4.78, 5) is 31.2. The molecule has 1 aromatic heterocycles. The van der Waals surface area contributed by atoms with E-state index in [9.17, 15) is 14.0 Å². The van der Waals surface area contributed by atoms with Crippen LogP contribution in [0.25, 0.3) is 5.69 Å². The summed E-state index contributed by atoms with van der Waals surface area (Å²) in [5, 5.41) is 0. The van der Waals surface area contributed by atoms with Crippen LogP contribution in [0, 0.1) is 5.82 Å². The van der Waals surface area contributed by atoms with Gasteiger partial charge in [-0.25, -0.2) is 14.2 Å². The number of esters is 1. The fourth-order valence-electron chi connectivity index (χ4n) is 3.47. The number of halogens is 1. The van der Waals surface area contributed by atoms with Gasteiger partial charge in [-0.05, 0) is 56.9 Å².